The molecule has 1 N–H and O–H groups in total. The van der Waals surface area contributed by atoms with Crippen LogP contribution in [0, 0.1) is 24.2 Å². The first-order chi connectivity index (χ1) is 9.01. The van der Waals surface area contributed by atoms with Gasteiger partial charge in [0.15, 0.2) is 0 Å². The number of rotatable bonds is 4. The summed E-state index contributed by atoms with van der Waals surface area (Å²) in [6, 6.07) is 0.521. The summed E-state index contributed by atoms with van der Waals surface area (Å²) in [5.74, 6) is 8.24. The summed E-state index contributed by atoms with van der Waals surface area (Å²) in [4.78, 5) is 14.1. The van der Waals surface area contributed by atoms with Crippen molar-refractivity contribution in [3.05, 3.63) is 0 Å². The third-order valence-corrected chi connectivity index (χ3v) is 3.35. The third kappa shape index (κ3) is 3.99. The molecule has 19 heavy (non-hydrogen) atoms. The van der Waals surface area contributed by atoms with Gasteiger partial charge in [0.1, 0.15) is 6.04 Å². The maximum Gasteiger partial charge on any atom is 0.242 e. The van der Waals surface area contributed by atoms with Gasteiger partial charge in [-0.3, -0.25) is 10.2 Å². The first-order valence-corrected chi connectivity index (χ1v) is 6.67. The molecule has 0 radical (unpaired) electrons. The topological polar surface area (TPSA) is 35.6 Å². The monoisotopic (exact) mass is 261 g/mol. The smallest absolute Gasteiger partial charge is 0.242 e. The van der Waals surface area contributed by atoms with E-state index in [1.807, 2.05) is 11.9 Å². The molecule has 0 aliphatic carbocycles. The largest absolute Gasteiger partial charge is 0.319 e. The van der Waals surface area contributed by atoms with Crippen molar-refractivity contribution in [2.24, 2.45) is 0 Å². The first-order valence-electron chi connectivity index (χ1n) is 6.67. The van der Waals surface area contributed by atoms with Gasteiger partial charge in [0.25, 0.3) is 0 Å². The molecule has 1 saturated heterocycles. The van der Waals surface area contributed by atoms with Gasteiger partial charge < -0.3 is 4.90 Å². The maximum atomic E-state index is 12.5. The highest BCUT2D eigenvalue weighted by molar-refractivity contribution is 5.82. The highest BCUT2D eigenvalue weighted by atomic mass is 16.2. The lowest BCUT2D eigenvalue weighted by Gasteiger charge is -2.31. The molecule has 104 valence electrons. The molecule has 0 bridgehead atoms. The van der Waals surface area contributed by atoms with Crippen LogP contribution in [0.25, 0.3) is 0 Å². The zero-order valence-corrected chi connectivity index (χ0v) is 12.2. The van der Waals surface area contributed by atoms with Crippen LogP contribution in [0.5, 0.6) is 0 Å². The Balaban J connectivity index is 2.72. The van der Waals surface area contributed by atoms with Crippen molar-refractivity contribution in [3.63, 3.8) is 0 Å². The van der Waals surface area contributed by atoms with E-state index in [1.54, 1.807) is 11.8 Å². The summed E-state index contributed by atoms with van der Waals surface area (Å²) in [5.41, 5.74) is 3.34. The van der Waals surface area contributed by atoms with Gasteiger partial charge >= 0.3 is 0 Å². The number of hydrazine groups is 1. The van der Waals surface area contributed by atoms with Gasteiger partial charge in [-0.05, 0) is 34.1 Å². The van der Waals surface area contributed by atoms with E-state index in [9.17, 15) is 4.79 Å². The number of nitrogens with one attached hydrogen (secondary N) is 1. The predicted molar refractivity (Wildman–Crippen MR) is 76.8 cm³/mol. The molecule has 4 heteroatoms. The highest BCUT2D eigenvalue weighted by Crippen LogP contribution is 2.17. The summed E-state index contributed by atoms with van der Waals surface area (Å²) in [6.45, 7) is 8.60. The Kier molecular flexibility index (Phi) is 5.89. The molecule has 3 atom stereocenters. The van der Waals surface area contributed by atoms with Gasteiger partial charge in [-0.25, -0.2) is 5.01 Å². The van der Waals surface area contributed by atoms with Crippen LogP contribution in [0.4, 0.5) is 0 Å². The molecular weight excluding hydrogens is 238 g/mol. The van der Waals surface area contributed by atoms with Crippen LogP contribution < -0.4 is 5.43 Å². The fourth-order valence-electron chi connectivity index (χ4n) is 2.43. The Morgan fingerprint density at radius 1 is 1.53 bits per heavy atom. The van der Waals surface area contributed by atoms with Crippen LogP contribution in [0.2, 0.25) is 0 Å². The van der Waals surface area contributed by atoms with E-state index in [0.717, 1.165) is 6.42 Å². The zero-order valence-electron chi connectivity index (χ0n) is 12.2. The number of carbonyl (C=O) groups excluding carboxylic acids is 1. The Labute approximate surface area is 116 Å². The lowest BCUT2D eigenvalue weighted by atomic mass is 10.1. The zero-order chi connectivity index (χ0) is 14.4. The Morgan fingerprint density at radius 2 is 2.21 bits per heavy atom. The number of nitrogens with zero attached hydrogens (tertiary/aromatic N) is 2. The Morgan fingerprint density at radius 3 is 2.68 bits per heavy atom. The Bertz CT molecular complexity index is 415. The minimum atomic E-state index is -0.230. The van der Waals surface area contributed by atoms with Crippen LogP contribution in [-0.2, 0) is 4.79 Å². The van der Waals surface area contributed by atoms with Crippen LogP contribution in [0.15, 0.2) is 0 Å². The summed E-state index contributed by atoms with van der Waals surface area (Å²) < 4.78 is 0. The van der Waals surface area contributed by atoms with Gasteiger partial charge in [-0.15, -0.1) is 12.3 Å². The third-order valence-electron chi connectivity index (χ3n) is 3.35. The summed E-state index contributed by atoms with van der Waals surface area (Å²) in [7, 11) is 0. The Hall–Kier alpha value is -1.49. The molecule has 1 fully saturated rings. The minimum Gasteiger partial charge on any atom is -0.319 e. The number of amides is 1. The van der Waals surface area contributed by atoms with Gasteiger partial charge in [0.05, 0.1) is 13.1 Å². The minimum absolute atomic E-state index is 0.0224. The molecule has 0 aromatic carbocycles. The standard InChI is InChI=1S/C15H23N3O/c1-6-8-10-17(9-7-2)15(19)14(5)18-13(4)11-12(3)16-18/h2,12-14,16H,9-11H2,1,3-5H3/t12?,13?,14-/m0/s1. The van der Waals surface area contributed by atoms with Crippen LogP contribution in [0.1, 0.15) is 34.1 Å². The van der Waals surface area contributed by atoms with Crippen molar-refractivity contribution >= 4 is 5.91 Å². The van der Waals surface area contributed by atoms with Crippen molar-refractivity contribution in [2.45, 2.75) is 52.2 Å². The van der Waals surface area contributed by atoms with Crippen LogP contribution in [0.3, 0.4) is 0 Å². The fourth-order valence-corrected chi connectivity index (χ4v) is 2.43. The molecule has 0 saturated carbocycles. The molecule has 0 spiro atoms. The van der Waals surface area contributed by atoms with Gasteiger partial charge in [0.2, 0.25) is 5.91 Å². The molecule has 1 heterocycles. The molecule has 0 aromatic heterocycles. The average molecular weight is 261 g/mol. The van der Waals surface area contributed by atoms with Crippen LogP contribution >= 0.6 is 0 Å². The molecule has 4 nitrogen and oxygen atoms in total. The molecule has 0 aromatic rings. The second-order valence-corrected chi connectivity index (χ2v) is 5.02. The molecular formula is C15H23N3O. The number of carbonyl (C=O) groups is 1. The van der Waals surface area contributed by atoms with Crippen LogP contribution in [-0.4, -0.2) is 47.0 Å². The van der Waals surface area contributed by atoms with Gasteiger partial charge in [0, 0.05) is 12.1 Å². The van der Waals surface area contributed by atoms with E-state index in [2.05, 4.69) is 37.0 Å². The highest BCUT2D eigenvalue weighted by Gasteiger charge is 2.34. The normalized spacial score (nSPS) is 24.2. The van der Waals surface area contributed by atoms with E-state index in [1.165, 1.54) is 0 Å². The van der Waals surface area contributed by atoms with Crippen molar-refractivity contribution < 1.29 is 4.79 Å². The number of hydrogen-bond donors (Lipinski definition) is 1. The quantitative estimate of drug-likeness (QED) is 0.762. The van der Waals surface area contributed by atoms with E-state index in [-0.39, 0.29) is 11.9 Å². The lowest BCUT2D eigenvalue weighted by molar-refractivity contribution is -0.136. The van der Waals surface area contributed by atoms with Crippen molar-refractivity contribution in [1.29, 1.82) is 0 Å². The molecule has 1 aliphatic heterocycles. The molecule has 1 amide bonds. The molecule has 2 unspecified atom stereocenters. The molecule has 1 aliphatic rings. The second-order valence-electron chi connectivity index (χ2n) is 5.02. The van der Waals surface area contributed by atoms with Crippen molar-refractivity contribution in [3.8, 4) is 24.2 Å². The lowest BCUT2D eigenvalue weighted by Crippen LogP contribution is -2.52. The van der Waals surface area contributed by atoms with Crippen molar-refractivity contribution in [2.75, 3.05) is 13.1 Å². The summed E-state index contributed by atoms with van der Waals surface area (Å²) in [6.07, 6.45) is 6.36. The van der Waals surface area contributed by atoms with E-state index in [4.69, 9.17) is 6.42 Å². The summed E-state index contributed by atoms with van der Waals surface area (Å²) >= 11 is 0. The van der Waals surface area contributed by atoms with E-state index >= 15 is 0 Å². The predicted octanol–water partition coefficient (Wildman–Crippen LogP) is 0.847. The second kappa shape index (κ2) is 7.19. The number of hydrogen-bond acceptors (Lipinski definition) is 3. The van der Waals surface area contributed by atoms with E-state index in [0.29, 0.717) is 25.2 Å². The van der Waals surface area contributed by atoms with Gasteiger partial charge in [-0.1, -0.05) is 11.8 Å². The average Bonchev–Trinajstić information content (AvgIpc) is 2.72. The fraction of sp³-hybridized carbons (Fsp3) is 0.667. The maximum absolute atomic E-state index is 12.5. The molecule has 1 rings (SSSR count). The van der Waals surface area contributed by atoms with Crippen molar-refractivity contribution in [1.82, 2.24) is 15.3 Å². The first kappa shape index (κ1) is 15.6. The number of terminal acetylenes is 1. The SMILES string of the molecule is C#CCN(CC#CC)C(=O)[C@H](C)N1NC(C)CC1C. The summed E-state index contributed by atoms with van der Waals surface area (Å²) in [5, 5.41) is 2.02. The van der Waals surface area contributed by atoms with E-state index < -0.39 is 0 Å². The van der Waals surface area contributed by atoms with Gasteiger partial charge in [-0.2, -0.15) is 0 Å².